The van der Waals surface area contributed by atoms with E-state index in [0.29, 0.717) is 28.7 Å². The number of carbonyl (C=O) groups excluding carboxylic acids is 1. The molecule has 1 atom stereocenters. The average Bonchev–Trinajstić information content (AvgIpc) is 3.06. The molecule has 0 spiro atoms. The van der Waals surface area contributed by atoms with E-state index >= 15 is 0 Å². The maximum atomic E-state index is 11.7. The van der Waals surface area contributed by atoms with Crippen LogP contribution in [0.4, 0.5) is 0 Å². The van der Waals surface area contributed by atoms with Gasteiger partial charge in [-0.15, -0.1) is 5.10 Å². The van der Waals surface area contributed by atoms with Crippen molar-refractivity contribution in [1.82, 2.24) is 5.32 Å². The van der Waals surface area contributed by atoms with E-state index in [1.165, 1.54) is 13.3 Å². The first kappa shape index (κ1) is 21.7. The average molecular weight is 448 g/mol. The van der Waals surface area contributed by atoms with E-state index in [0.717, 1.165) is 17.3 Å². The Morgan fingerprint density at radius 2 is 2.10 bits per heavy atom. The van der Waals surface area contributed by atoms with E-state index in [1.54, 1.807) is 24.3 Å². The lowest BCUT2D eigenvalue weighted by Crippen LogP contribution is -2.26. The first-order chi connectivity index (χ1) is 14.5. The van der Waals surface area contributed by atoms with Gasteiger partial charge in [-0.1, -0.05) is 41.6 Å². The topological polar surface area (TPSA) is 110 Å². The third-order valence-corrected chi connectivity index (χ3v) is 5.46. The van der Waals surface area contributed by atoms with Crippen LogP contribution < -0.4 is 14.8 Å². The lowest BCUT2D eigenvalue weighted by molar-refractivity contribution is -0.138. The first-order valence-corrected chi connectivity index (χ1v) is 10.1. The molecule has 1 aliphatic rings. The van der Waals surface area contributed by atoms with Gasteiger partial charge in [-0.3, -0.25) is 9.59 Å². The van der Waals surface area contributed by atoms with Crippen molar-refractivity contribution in [3.05, 3.63) is 58.6 Å². The number of halogens is 1. The summed E-state index contributed by atoms with van der Waals surface area (Å²) in [6.45, 7) is 0.297. The van der Waals surface area contributed by atoms with Crippen molar-refractivity contribution in [3.8, 4) is 11.5 Å². The minimum absolute atomic E-state index is 0.258. The molecule has 2 aromatic rings. The molecule has 3 rings (SSSR count). The molecule has 1 aliphatic heterocycles. The Hall–Kier alpha value is -3.04. The quantitative estimate of drug-likeness (QED) is 0.474. The highest BCUT2D eigenvalue weighted by atomic mass is 35.5. The summed E-state index contributed by atoms with van der Waals surface area (Å²) in [6.07, 6.45) is 1.22. The number of carboxylic acids is 1. The van der Waals surface area contributed by atoms with E-state index in [1.807, 2.05) is 18.2 Å². The van der Waals surface area contributed by atoms with Gasteiger partial charge in [0, 0.05) is 10.6 Å². The number of ether oxygens (including phenoxy) is 2. The van der Waals surface area contributed by atoms with E-state index in [4.69, 9.17) is 26.2 Å². The monoisotopic (exact) mass is 447 g/mol. The fourth-order valence-electron chi connectivity index (χ4n) is 2.55. The van der Waals surface area contributed by atoms with Crippen molar-refractivity contribution in [2.75, 3.05) is 7.11 Å². The Morgan fingerprint density at radius 1 is 1.30 bits per heavy atom. The summed E-state index contributed by atoms with van der Waals surface area (Å²) in [4.78, 5) is 22.4. The number of benzene rings is 2. The highest BCUT2D eigenvalue weighted by Crippen LogP contribution is 2.29. The summed E-state index contributed by atoms with van der Waals surface area (Å²) in [6, 6.07) is 12.7. The summed E-state index contributed by atoms with van der Waals surface area (Å²) in [7, 11) is 1.53. The summed E-state index contributed by atoms with van der Waals surface area (Å²) >= 11 is 7.18. The Morgan fingerprint density at radius 3 is 2.83 bits per heavy atom. The molecule has 1 fully saturated rings. The molecule has 0 aliphatic carbocycles. The lowest BCUT2D eigenvalue weighted by Gasteiger charge is -2.12. The van der Waals surface area contributed by atoms with Crippen LogP contribution in [-0.4, -0.2) is 40.7 Å². The summed E-state index contributed by atoms with van der Waals surface area (Å²) in [5.74, 6) is -0.367. The molecule has 0 unspecified atom stereocenters. The normalized spacial score (nSPS) is 17.3. The number of amides is 1. The largest absolute Gasteiger partial charge is 0.493 e. The molecule has 156 valence electrons. The van der Waals surface area contributed by atoms with E-state index < -0.39 is 17.1 Å². The van der Waals surface area contributed by atoms with Crippen LogP contribution in [0, 0.1) is 0 Å². The Bertz CT molecular complexity index is 1010. The van der Waals surface area contributed by atoms with Crippen LogP contribution in [0.25, 0.3) is 0 Å². The molecule has 0 bridgehead atoms. The van der Waals surface area contributed by atoms with Gasteiger partial charge in [0.05, 0.1) is 19.7 Å². The van der Waals surface area contributed by atoms with E-state index in [9.17, 15) is 9.59 Å². The van der Waals surface area contributed by atoms with Crippen LogP contribution in [0.15, 0.2) is 52.7 Å². The molecule has 8 nitrogen and oxygen atoms in total. The van der Waals surface area contributed by atoms with Crippen molar-refractivity contribution < 1.29 is 24.2 Å². The second kappa shape index (κ2) is 10.1. The van der Waals surface area contributed by atoms with Gasteiger partial charge in [0.25, 0.3) is 0 Å². The maximum Gasteiger partial charge on any atom is 0.305 e. The third kappa shape index (κ3) is 5.74. The Balaban J connectivity index is 1.64. The number of hydrogen-bond donors (Lipinski definition) is 2. The first-order valence-electron chi connectivity index (χ1n) is 8.81. The Kier molecular flexibility index (Phi) is 7.31. The number of nitrogens with one attached hydrogen (secondary N) is 1. The van der Waals surface area contributed by atoms with Gasteiger partial charge in [-0.05, 0) is 29.8 Å². The van der Waals surface area contributed by atoms with Gasteiger partial charge in [0.1, 0.15) is 11.9 Å². The van der Waals surface area contributed by atoms with Crippen molar-refractivity contribution in [2.24, 2.45) is 10.2 Å². The number of amidine groups is 1. The van der Waals surface area contributed by atoms with Crippen LogP contribution in [-0.2, 0) is 16.2 Å². The van der Waals surface area contributed by atoms with Gasteiger partial charge in [0.15, 0.2) is 16.7 Å². The minimum atomic E-state index is -1.05. The van der Waals surface area contributed by atoms with Crippen LogP contribution in [0.5, 0.6) is 11.5 Å². The highest BCUT2D eigenvalue weighted by Gasteiger charge is 2.32. The molecule has 2 aromatic carbocycles. The molecule has 1 saturated heterocycles. The van der Waals surface area contributed by atoms with E-state index in [2.05, 4.69) is 15.5 Å². The summed E-state index contributed by atoms with van der Waals surface area (Å²) < 4.78 is 11.2. The molecule has 1 heterocycles. The van der Waals surface area contributed by atoms with E-state index in [-0.39, 0.29) is 11.6 Å². The molecule has 10 heteroatoms. The van der Waals surface area contributed by atoms with Gasteiger partial charge < -0.3 is 19.9 Å². The number of hydrogen-bond acceptors (Lipinski definition) is 7. The molecule has 0 aromatic heterocycles. The van der Waals surface area contributed by atoms with Gasteiger partial charge >= 0.3 is 5.97 Å². The number of rotatable bonds is 8. The SMILES string of the molecule is COc1cc(/C=N\N=C2\NC(=O)[C@@H](CC(=O)O)S2)ccc1OCc1ccccc1Cl. The number of carbonyl (C=O) groups is 2. The predicted molar refractivity (Wildman–Crippen MR) is 116 cm³/mol. The molecule has 0 saturated carbocycles. The second-order valence-corrected chi connectivity index (χ2v) is 7.73. The fourth-order valence-corrected chi connectivity index (χ4v) is 3.65. The zero-order valence-corrected chi connectivity index (χ0v) is 17.4. The molecule has 1 amide bonds. The maximum absolute atomic E-state index is 11.7. The van der Waals surface area contributed by atoms with Gasteiger partial charge in [-0.25, -0.2) is 0 Å². The number of nitrogens with zero attached hydrogens (tertiary/aromatic N) is 2. The molecular formula is C20H18ClN3O5S. The molecule has 2 N–H and O–H groups in total. The lowest BCUT2D eigenvalue weighted by atomic mass is 10.2. The summed E-state index contributed by atoms with van der Waals surface area (Å²) in [5, 5.41) is 19.4. The second-order valence-electron chi connectivity index (χ2n) is 6.13. The zero-order valence-electron chi connectivity index (χ0n) is 15.9. The predicted octanol–water partition coefficient (Wildman–Crippen LogP) is 3.32. The molecular weight excluding hydrogens is 430 g/mol. The number of thioether (sulfide) groups is 1. The standard InChI is InChI=1S/C20H18ClN3O5S/c1-28-16-8-12(6-7-15(16)29-11-13-4-2-3-5-14(13)21)10-22-24-20-23-19(27)17(30-20)9-18(25)26/h2-8,10,17H,9,11H2,1H3,(H,25,26)(H,23,24,27)/b22-10-/t17-/m1/s1. The Labute approximate surface area is 181 Å². The zero-order chi connectivity index (χ0) is 21.5. The minimum Gasteiger partial charge on any atom is -0.493 e. The van der Waals surface area contributed by atoms with Crippen molar-refractivity contribution >= 4 is 46.6 Å². The highest BCUT2D eigenvalue weighted by molar-refractivity contribution is 8.15. The van der Waals surface area contributed by atoms with Crippen LogP contribution in [0.2, 0.25) is 5.02 Å². The summed E-state index contributed by atoms with van der Waals surface area (Å²) in [5.41, 5.74) is 1.57. The van der Waals surface area contributed by atoms with Crippen molar-refractivity contribution in [1.29, 1.82) is 0 Å². The van der Waals surface area contributed by atoms with Crippen LogP contribution in [0.3, 0.4) is 0 Å². The van der Waals surface area contributed by atoms with Crippen molar-refractivity contribution in [2.45, 2.75) is 18.3 Å². The number of carboxylic acid groups (broad SMARTS) is 1. The van der Waals surface area contributed by atoms with Crippen LogP contribution in [0.1, 0.15) is 17.5 Å². The number of methoxy groups -OCH3 is 1. The van der Waals surface area contributed by atoms with Crippen LogP contribution >= 0.6 is 23.4 Å². The fraction of sp³-hybridized carbons (Fsp3) is 0.200. The number of aliphatic carboxylic acids is 1. The molecule has 0 radical (unpaired) electrons. The third-order valence-electron chi connectivity index (χ3n) is 4.02. The smallest absolute Gasteiger partial charge is 0.305 e. The van der Waals surface area contributed by atoms with Crippen molar-refractivity contribution in [3.63, 3.8) is 0 Å². The van der Waals surface area contributed by atoms with Gasteiger partial charge in [-0.2, -0.15) is 5.10 Å². The molecule has 30 heavy (non-hydrogen) atoms. The van der Waals surface area contributed by atoms with Gasteiger partial charge in [0.2, 0.25) is 5.91 Å².